The van der Waals surface area contributed by atoms with Crippen LogP contribution in [-0.4, -0.2) is 24.4 Å². The molecule has 0 saturated heterocycles. The van der Waals surface area contributed by atoms with E-state index in [1.165, 1.54) is 13.8 Å². The zero-order valence-corrected chi connectivity index (χ0v) is 6.81. The summed E-state index contributed by atoms with van der Waals surface area (Å²) >= 11 is 0. The fourth-order valence-electron chi connectivity index (χ4n) is 0.439. The second-order valence-corrected chi connectivity index (χ2v) is 2.64. The van der Waals surface area contributed by atoms with Crippen LogP contribution in [0.4, 0.5) is 8.78 Å². The van der Waals surface area contributed by atoms with Gasteiger partial charge in [-0.15, -0.1) is 0 Å². The third-order valence-electron chi connectivity index (χ3n) is 1.27. The molecule has 68 valence electrons. The Kier molecular flexibility index (Phi) is 4.52. The lowest BCUT2D eigenvalue weighted by Crippen LogP contribution is -2.28. The van der Waals surface area contributed by atoms with E-state index in [9.17, 15) is 8.78 Å². The van der Waals surface area contributed by atoms with Crippen molar-refractivity contribution in [2.24, 2.45) is 5.92 Å². The Hall–Kier alpha value is -0.220. The van der Waals surface area contributed by atoms with Crippen LogP contribution in [0.3, 0.4) is 0 Å². The van der Waals surface area contributed by atoms with E-state index >= 15 is 0 Å². The minimum atomic E-state index is -3.06. The summed E-state index contributed by atoms with van der Waals surface area (Å²) in [7, 11) is 0. The third-order valence-corrected chi connectivity index (χ3v) is 1.27. The maximum atomic E-state index is 12.6. The summed E-state index contributed by atoms with van der Waals surface area (Å²) in [4.78, 5) is 0. The second kappa shape index (κ2) is 4.62. The summed E-state index contributed by atoms with van der Waals surface area (Å²) < 4.78 is 29.4. The first-order valence-electron chi connectivity index (χ1n) is 3.63. The Morgan fingerprint density at radius 1 is 1.45 bits per heavy atom. The highest BCUT2D eigenvalue weighted by molar-refractivity contribution is 4.57. The number of hydrogen-bond donors (Lipinski definition) is 1. The molecule has 0 unspecified atom stereocenters. The normalized spacial score (nSPS) is 12.5. The highest BCUT2D eigenvalue weighted by atomic mass is 19.3. The van der Waals surface area contributed by atoms with Gasteiger partial charge in [-0.05, 0) is 6.42 Å². The first-order chi connectivity index (χ1) is 5.00. The molecule has 11 heavy (non-hydrogen) atoms. The van der Waals surface area contributed by atoms with Gasteiger partial charge in [0.25, 0.3) is 0 Å². The maximum absolute atomic E-state index is 12.6. The van der Waals surface area contributed by atoms with Crippen LogP contribution in [0.15, 0.2) is 0 Å². The van der Waals surface area contributed by atoms with E-state index in [0.29, 0.717) is 0 Å². The van der Waals surface area contributed by atoms with E-state index in [1.54, 1.807) is 0 Å². The minimum Gasteiger partial charge on any atom is -0.396 e. The molecule has 0 radical (unpaired) electrons. The molecule has 2 nitrogen and oxygen atoms in total. The topological polar surface area (TPSA) is 29.5 Å². The Morgan fingerprint density at radius 2 is 2.00 bits per heavy atom. The SMILES string of the molecule is CC(C)C(F)(F)OCCCO. The van der Waals surface area contributed by atoms with E-state index < -0.39 is 12.0 Å². The number of alkyl halides is 2. The molecule has 0 aromatic heterocycles. The summed E-state index contributed by atoms with van der Waals surface area (Å²) in [6.45, 7) is 2.56. The quantitative estimate of drug-likeness (QED) is 0.632. The number of rotatable bonds is 5. The first kappa shape index (κ1) is 10.8. The van der Waals surface area contributed by atoms with Gasteiger partial charge in [0.15, 0.2) is 0 Å². The first-order valence-corrected chi connectivity index (χ1v) is 3.63. The van der Waals surface area contributed by atoms with Gasteiger partial charge in [-0.2, -0.15) is 8.78 Å². The van der Waals surface area contributed by atoms with Gasteiger partial charge >= 0.3 is 6.11 Å². The van der Waals surface area contributed by atoms with Crippen molar-refractivity contribution in [3.63, 3.8) is 0 Å². The predicted octanol–water partition coefficient (Wildman–Crippen LogP) is 1.63. The summed E-state index contributed by atoms with van der Waals surface area (Å²) in [6.07, 6.45) is -2.81. The molecule has 0 atom stereocenters. The molecule has 0 aromatic rings. The number of aliphatic hydroxyl groups is 1. The lowest BCUT2D eigenvalue weighted by Gasteiger charge is -2.19. The van der Waals surface area contributed by atoms with Gasteiger partial charge in [0.05, 0.1) is 6.61 Å². The standard InChI is InChI=1S/C7H14F2O2/c1-6(2)7(8,9)11-5-3-4-10/h6,10H,3-5H2,1-2H3. The van der Waals surface area contributed by atoms with Crippen LogP contribution in [0.2, 0.25) is 0 Å². The summed E-state index contributed by atoms with van der Waals surface area (Å²) in [5.41, 5.74) is 0. The fourth-order valence-corrected chi connectivity index (χ4v) is 0.439. The van der Waals surface area contributed by atoms with Crippen LogP contribution in [-0.2, 0) is 4.74 Å². The Labute approximate surface area is 65.2 Å². The van der Waals surface area contributed by atoms with Crippen molar-refractivity contribution in [3.8, 4) is 0 Å². The second-order valence-electron chi connectivity index (χ2n) is 2.64. The molecular formula is C7H14F2O2. The van der Waals surface area contributed by atoms with Crippen molar-refractivity contribution in [1.82, 2.24) is 0 Å². The third kappa shape index (κ3) is 4.27. The average molecular weight is 168 g/mol. The molecule has 0 aliphatic rings. The van der Waals surface area contributed by atoms with Gasteiger partial charge in [-0.3, -0.25) is 0 Å². The molecule has 0 spiro atoms. The van der Waals surface area contributed by atoms with Crippen LogP contribution in [0.1, 0.15) is 20.3 Å². The molecule has 0 saturated carbocycles. The van der Waals surface area contributed by atoms with Gasteiger partial charge in [0.1, 0.15) is 0 Å². The van der Waals surface area contributed by atoms with Gasteiger partial charge in [0.2, 0.25) is 0 Å². The van der Waals surface area contributed by atoms with Crippen molar-refractivity contribution in [2.75, 3.05) is 13.2 Å². The lowest BCUT2D eigenvalue weighted by atomic mass is 10.2. The zero-order valence-electron chi connectivity index (χ0n) is 6.81. The highest BCUT2D eigenvalue weighted by Crippen LogP contribution is 2.24. The molecular weight excluding hydrogens is 154 g/mol. The van der Waals surface area contributed by atoms with Gasteiger partial charge in [-0.25, -0.2) is 0 Å². The van der Waals surface area contributed by atoms with E-state index in [-0.39, 0.29) is 19.6 Å². The molecule has 0 bridgehead atoms. The van der Waals surface area contributed by atoms with Gasteiger partial charge < -0.3 is 9.84 Å². The Bertz CT molecular complexity index is 105. The monoisotopic (exact) mass is 168 g/mol. The molecule has 0 rings (SSSR count). The Morgan fingerprint density at radius 3 is 2.36 bits per heavy atom. The summed E-state index contributed by atoms with van der Waals surface area (Å²) in [6, 6.07) is 0. The van der Waals surface area contributed by atoms with Crippen LogP contribution in [0, 0.1) is 5.92 Å². The molecule has 1 N–H and O–H groups in total. The maximum Gasteiger partial charge on any atom is 0.357 e. The van der Waals surface area contributed by atoms with Crippen molar-refractivity contribution in [2.45, 2.75) is 26.4 Å². The molecule has 0 aliphatic heterocycles. The van der Waals surface area contributed by atoms with Gasteiger partial charge in [0, 0.05) is 12.5 Å². The van der Waals surface area contributed by atoms with Crippen molar-refractivity contribution < 1.29 is 18.6 Å². The van der Waals surface area contributed by atoms with E-state index in [0.717, 1.165) is 0 Å². The fraction of sp³-hybridized carbons (Fsp3) is 1.00. The molecule has 0 aromatic carbocycles. The zero-order chi connectivity index (χ0) is 8.91. The Balaban J connectivity index is 3.55. The van der Waals surface area contributed by atoms with E-state index in [4.69, 9.17) is 5.11 Å². The van der Waals surface area contributed by atoms with Crippen LogP contribution >= 0.6 is 0 Å². The van der Waals surface area contributed by atoms with E-state index in [2.05, 4.69) is 4.74 Å². The minimum absolute atomic E-state index is 0.0956. The number of aliphatic hydroxyl groups excluding tert-OH is 1. The number of hydrogen-bond acceptors (Lipinski definition) is 2. The van der Waals surface area contributed by atoms with Crippen molar-refractivity contribution >= 4 is 0 Å². The van der Waals surface area contributed by atoms with Crippen molar-refractivity contribution in [3.05, 3.63) is 0 Å². The molecule has 0 heterocycles. The van der Waals surface area contributed by atoms with Crippen LogP contribution in [0.5, 0.6) is 0 Å². The van der Waals surface area contributed by atoms with Crippen molar-refractivity contribution in [1.29, 1.82) is 0 Å². The molecule has 4 heteroatoms. The number of halogens is 2. The highest BCUT2D eigenvalue weighted by Gasteiger charge is 2.33. The molecule has 0 fully saturated rings. The summed E-state index contributed by atoms with van der Waals surface area (Å²) in [5.74, 6) is -0.818. The smallest absolute Gasteiger partial charge is 0.357 e. The summed E-state index contributed by atoms with van der Waals surface area (Å²) in [5, 5.41) is 8.28. The molecule has 0 amide bonds. The molecule has 0 aliphatic carbocycles. The average Bonchev–Trinajstić information content (AvgIpc) is 1.88. The lowest BCUT2D eigenvalue weighted by molar-refractivity contribution is -0.265. The van der Waals surface area contributed by atoms with Crippen LogP contribution in [0.25, 0.3) is 0 Å². The predicted molar refractivity (Wildman–Crippen MR) is 37.4 cm³/mol. The number of ether oxygens (including phenoxy) is 1. The largest absolute Gasteiger partial charge is 0.396 e. The van der Waals surface area contributed by atoms with Crippen LogP contribution < -0.4 is 0 Å². The van der Waals surface area contributed by atoms with Gasteiger partial charge in [-0.1, -0.05) is 13.8 Å². The van der Waals surface area contributed by atoms with E-state index in [1.807, 2.05) is 0 Å².